The number of hydrogen-bond acceptors (Lipinski definition) is 4. The van der Waals surface area contributed by atoms with Gasteiger partial charge in [0.1, 0.15) is 0 Å². The predicted molar refractivity (Wildman–Crippen MR) is 57.0 cm³/mol. The van der Waals surface area contributed by atoms with Crippen molar-refractivity contribution in [3.8, 4) is 11.4 Å². The zero-order valence-electron chi connectivity index (χ0n) is 7.97. The summed E-state index contributed by atoms with van der Waals surface area (Å²) in [5, 5.41) is 11.6. The van der Waals surface area contributed by atoms with Crippen molar-refractivity contribution in [3.63, 3.8) is 0 Å². The molecule has 0 spiro atoms. The molecule has 0 aliphatic heterocycles. The molecule has 2 aromatic heterocycles. The van der Waals surface area contributed by atoms with E-state index in [9.17, 15) is 4.79 Å². The molecule has 0 atom stereocenters. The van der Waals surface area contributed by atoms with Gasteiger partial charge in [-0.3, -0.25) is 4.98 Å². The van der Waals surface area contributed by atoms with Gasteiger partial charge in [-0.05, 0) is 19.1 Å². The summed E-state index contributed by atoms with van der Waals surface area (Å²) in [5.74, 6) is -0.953. The van der Waals surface area contributed by atoms with Crippen molar-refractivity contribution in [2.75, 3.05) is 0 Å². The molecule has 4 nitrogen and oxygen atoms in total. The lowest BCUT2D eigenvalue weighted by atomic mass is 10.2. The summed E-state index contributed by atoms with van der Waals surface area (Å²) in [6, 6.07) is 2.99. The summed E-state index contributed by atoms with van der Waals surface area (Å²) in [4.78, 5) is 19.1. The van der Waals surface area contributed by atoms with Crippen LogP contribution in [0.15, 0.2) is 23.7 Å². The van der Waals surface area contributed by atoms with Gasteiger partial charge in [-0.25, -0.2) is 9.78 Å². The van der Waals surface area contributed by atoms with E-state index in [2.05, 4.69) is 9.97 Å². The largest absolute Gasteiger partial charge is 0.478 e. The Balaban J connectivity index is 2.45. The number of rotatable bonds is 2. The number of pyridine rings is 1. The summed E-state index contributed by atoms with van der Waals surface area (Å²) in [6.07, 6.45) is 1.48. The van der Waals surface area contributed by atoms with E-state index < -0.39 is 5.97 Å². The molecule has 0 bridgehead atoms. The molecule has 76 valence electrons. The van der Waals surface area contributed by atoms with Gasteiger partial charge in [0.15, 0.2) is 0 Å². The van der Waals surface area contributed by atoms with E-state index in [1.807, 2.05) is 12.3 Å². The van der Waals surface area contributed by atoms with Crippen LogP contribution in [0.3, 0.4) is 0 Å². The fraction of sp³-hybridized carbons (Fsp3) is 0.100. The Hall–Kier alpha value is -1.75. The molecular weight excluding hydrogens is 212 g/mol. The maximum Gasteiger partial charge on any atom is 0.335 e. The first kappa shape index (κ1) is 9.79. The maximum atomic E-state index is 10.7. The molecule has 0 amide bonds. The van der Waals surface area contributed by atoms with E-state index >= 15 is 0 Å². The summed E-state index contributed by atoms with van der Waals surface area (Å²) in [7, 11) is 0. The molecule has 0 aliphatic rings. The summed E-state index contributed by atoms with van der Waals surface area (Å²) in [5.41, 5.74) is 1.55. The Morgan fingerprint density at radius 3 is 2.87 bits per heavy atom. The zero-order chi connectivity index (χ0) is 10.8. The fourth-order valence-corrected chi connectivity index (χ4v) is 1.79. The van der Waals surface area contributed by atoms with Crippen LogP contribution in [0.5, 0.6) is 0 Å². The number of carboxylic acid groups (broad SMARTS) is 1. The van der Waals surface area contributed by atoms with E-state index in [0.717, 1.165) is 10.7 Å². The van der Waals surface area contributed by atoms with Gasteiger partial charge < -0.3 is 5.11 Å². The topological polar surface area (TPSA) is 63.1 Å². The summed E-state index contributed by atoms with van der Waals surface area (Å²) in [6.45, 7) is 1.90. The van der Waals surface area contributed by atoms with E-state index in [-0.39, 0.29) is 5.56 Å². The normalized spacial score (nSPS) is 10.2. The van der Waals surface area contributed by atoms with E-state index in [0.29, 0.717) is 5.69 Å². The number of thiazole rings is 1. The van der Waals surface area contributed by atoms with Gasteiger partial charge >= 0.3 is 5.97 Å². The van der Waals surface area contributed by atoms with E-state index in [1.165, 1.54) is 29.7 Å². The van der Waals surface area contributed by atoms with Crippen LogP contribution >= 0.6 is 11.3 Å². The average Bonchev–Trinajstić information content (AvgIpc) is 2.65. The molecule has 0 fully saturated rings. The number of carboxylic acids is 1. The SMILES string of the molecule is Cc1nc(-c2cc(C(=O)O)ccn2)cs1. The van der Waals surface area contributed by atoms with Crippen LogP contribution in [-0.2, 0) is 0 Å². The first-order valence-corrected chi connectivity index (χ1v) is 5.16. The molecule has 2 heterocycles. The lowest BCUT2D eigenvalue weighted by Gasteiger charge is -1.97. The number of aromatic nitrogens is 2. The van der Waals surface area contributed by atoms with Crippen molar-refractivity contribution in [1.29, 1.82) is 0 Å². The lowest BCUT2D eigenvalue weighted by molar-refractivity contribution is 0.0697. The minimum absolute atomic E-state index is 0.227. The zero-order valence-corrected chi connectivity index (χ0v) is 8.78. The Morgan fingerprint density at radius 1 is 1.47 bits per heavy atom. The van der Waals surface area contributed by atoms with Gasteiger partial charge in [-0.15, -0.1) is 11.3 Å². The van der Waals surface area contributed by atoms with Gasteiger partial charge in [0.2, 0.25) is 0 Å². The standard InChI is InChI=1S/C10H8N2O2S/c1-6-12-9(5-15-6)8-4-7(10(13)14)2-3-11-8/h2-5H,1H3,(H,13,14). The number of aryl methyl sites for hydroxylation is 1. The lowest BCUT2D eigenvalue weighted by Crippen LogP contribution is -1.97. The van der Waals surface area contributed by atoms with Crippen LogP contribution in [0.4, 0.5) is 0 Å². The molecule has 2 rings (SSSR count). The molecule has 0 saturated carbocycles. The first-order chi connectivity index (χ1) is 7.16. The summed E-state index contributed by atoms with van der Waals surface area (Å²) < 4.78 is 0. The third-order valence-corrected chi connectivity index (χ3v) is 2.66. The highest BCUT2D eigenvalue weighted by atomic mass is 32.1. The van der Waals surface area contributed by atoms with Crippen LogP contribution in [-0.4, -0.2) is 21.0 Å². The minimum atomic E-state index is -0.953. The second-order valence-electron chi connectivity index (χ2n) is 2.99. The van der Waals surface area contributed by atoms with Crippen LogP contribution < -0.4 is 0 Å². The predicted octanol–water partition coefficient (Wildman–Crippen LogP) is 2.21. The van der Waals surface area contributed by atoms with Crippen molar-refractivity contribution in [2.45, 2.75) is 6.92 Å². The molecule has 0 aromatic carbocycles. The highest BCUT2D eigenvalue weighted by Gasteiger charge is 2.07. The van der Waals surface area contributed by atoms with Gasteiger partial charge in [0.05, 0.1) is 22.0 Å². The highest BCUT2D eigenvalue weighted by Crippen LogP contribution is 2.19. The van der Waals surface area contributed by atoms with Gasteiger partial charge in [-0.2, -0.15) is 0 Å². The van der Waals surface area contributed by atoms with Gasteiger partial charge in [0.25, 0.3) is 0 Å². The molecule has 5 heteroatoms. The molecular formula is C10H8N2O2S. The monoisotopic (exact) mass is 220 g/mol. The average molecular weight is 220 g/mol. The van der Waals surface area contributed by atoms with Crippen molar-refractivity contribution in [1.82, 2.24) is 9.97 Å². The number of carbonyl (C=O) groups is 1. The number of nitrogens with zero attached hydrogens (tertiary/aromatic N) is 2. The Labute approximate surface area is 90.3 Å². The van der Waals surface area contributed by atoms with Crippen LogP contribution in [0, 0.1) is 6.92 Å². The first-order valence-electron chi connectivity index (χ1n) is 4.28. The second-order valence-corrected chi connectivity index (χ2v) is 4.05. The van der Waals surface area contributed by atoms with Crippen LogP contribution in [0.25, 0.3) is 11.4 Å². The maximum absolute atomic E-state index is 10.7. The van der Waals surface area contributed by atoms with Crippen molar-refractivity contribution >= 4 is 17.3 Å². The minimum Gasteiger partial charge on any atom is -0.478 e. The molecule has 15 heavy (non-hydrogen) atoms. The molecule has 0 unspecified atom stereocenters. The van der Waals surface area contributed by atoms with Gasteiger partial charge in [-0.1, -0.05) is 0 Å². The van der Waals surface area contributed by atoms with Crippen molar-refractivity contribution in [3.05, 3.63) is 34.3 Å². The molecule has 1 N–H and O–H groups in total. The summed E-state index contributed by atoms with van der Waals surface area (Å²) >= 11 is 1.51. The van der Waals surface area contributed by atoms with Crippen molar-refractivity contribution in [2.24, 2.45) is 0 Å². The van der Waals surface area contributed by atoms with E-state index in [4.69, 9.17) is 5.11 Å². The molecule has 0 aliphatic carbocycles. The number of hydrogen-bond donors (Lipinski definition) is 1. The Bertz CT molecular complexity index is 508. The third kappa shape index (κ3) is 2.02. The molecule has 0 radical (unpaired) electrons. The molecule has 0 saturated heterocycles. The van der Waals surface area contributed by atoms with Gasteiger partial charge in [0, 0.05) is 11.6 Å². The molecule has 2 aromatic rings. The van der Waals surface area contributed by atoms with Crippen LogP contribution in [0.2, 0.25) is 0 Å². The third-order valence-electron chi connectivity index (χ3n) is 1.89. The quantitative estimate of drug-likeness (QED) is 0.842. The highest BCUT2D eigenvalue weighted by molar-refractivity contribution is 7.09. The Morgan fingerprint density at radius 2 is 2.27 bits per heavy atom. The van der Waals surface area contributed by atoms with Crippen molar-refractivity contribution < 1.29 is 9.90 Å². The number of aromatic carboxylic acids is 1. The Kier molecular flexibility index (Phi) is 2.47. The van der Waals surface area contributed by atoms with Crippen LogP contribution in [0.1, 0.15) is 15.4 Å². The van der Waals surface area contributed by atoms with E-state index in [1.54, 1.807) is 0 Å². The smallest absolute Gasteiger partial charge is 0.335 e. The fourth-order valence-electron chi connectivity index (χ4n) is 1.18. The second kappa shape index (κ2) is 3.78.